The van der Waals surface area contributed by atoms with Gasteiger partial charge in [-0.1, -0.05) is 34.5 Å². The summed E-state index contributed by atoms with van der Waals surface area (Å²) in [7, 11) is -3.93. The highest BCUT2D eigenvalue weighted by Gasteiger charge is 2.34. The van der Waals surface area contributed by atoms with E-state index in [9.17, 15) is 13.2 Å². The molecule has 1 aliphatic rings. The number of amides is 1. The summed E-state index contributed by atoms with van der Waals surface area (Å²) in [6.07, 6.45) is 1.19. The van der Waals surface area contributed by atoms with Gasteiger partial charge in [0.15, 0.2) is 0 Å². The first-order valence-electron chi connectivity index (χ1n) is 10.2. The van der Waals surface area contributed by atoms with Crippen LogP contribution in [0.25, 0.3) is 11.4 Å². The van der Waals surface area contributed by atoms with E-state index in [4.69, 9.17) is 16.1 Å². The van der Waals surface area contributed by atoms with Gasteiger partial charge in [-0.05, 0) is 50.1 Å². The molecule has 10 heteroatoms. The van der Waals surface area contributed by atoms with Crippen molar-refractivity contribution in [2.75, 3.05) is 18.4 Å². The fraction of sp³-hybridized carbons (Fsp3) is 0.318. The normalized spacial score (nSPS) is 17.3. The summed E-state index contributed by atoms with van der Waals surface area (Å²) in [6.45, 7) is 4.02. The molecule has 0 saturated carbocycles. The average molecular weight is 475 g/mol. The van der Waals surface area contributed by atoms with Gasteiger partial charge >= 0.3 is 0 Å². The van der Waals surface area contributed by atoms with E-state index < -0.39 is 15.9 Å². The van der Waals surface area contributed by atoms with E-state index in [1.807, 2.05) is 31.2 Å². The van der Waals surface area contributed by atoms with Gasteiger partial charge < -0.3 is 9.84 Å². The van der Waals surface area contributed by atoms with Crippen LogP contribution in [0.3, 0.4) is 0 Å². The maximum absolute atomic E-state index is 13.4. The molecule has 1 fully saturated rings. The number of benzene rings is 2. The molecule has 8 nitrogen and oxygen atoms in total. The molecule has 2 heterocycles. The second-order valence-electron chi connectivity index (χ2n) is 7.84. The number of carbonyl (C=O) groups is 1. The number of anilines is 1. The van der Waals surface area contributed by atoms with Crippen molar-refractivity contribution in [3.63, 3.8) is 0 Å². The summed E-state index contributed by atoms with van der Waals surface area (Å²) in [5.41, 5.74) is 2.26. The van der Waals surface area contributed by atoms with Gasteiger partial charge in [0.05, 0.1) is 10.9 Å². The minimum Gasteiger partial charge on any atom is -0.339 e. The molecule has 0 radical (unpaired) electrons. The molecule has 1 unspecified atom stereocenters. The number of aromatic nitrogens is 2. The summed E-state index contributed by atoms with van der Waals surface area (Å²) in [5, 5.41) is 6.82. The molecule has 4 rings (SSSR count). The zero-order valence-electron chi connectivity index (χ0n) is 17.7. The van der Waals surface area contributed by atoms with Gasteiger partial charge in [0, 0.05) is 31.3 Å². The highest BCUT2D eigenvalue weighted by Crippen LogP contribution is 2.31. The van der Waals surface area contributed by atoms with Crippen molar-refractivity contribution in [1.82, 2.24) is 14.4 Å². The number of hydrogen-bond donors (Lipinski definition) is 1. The lowest BCUT2D eigenvalue weighted by atomic mass is 9.98. The third-order valence-corrected chi connectivity index (χ3v) is 7.76. The van der Waals surface area contributed by atoms with E-state index in [-0.39, 0.29) is 28.2 Å². The third kappa shape index (κ3) is 4.69. The zero-order valence-corrected chi connectivity index (χ0v) is 19.3. The monoisotopic (exact) mass is 474 g/mol. The van der Waals surface area contributed by atoms with E-state index in [2.05, 4.69) is 15.5 Å². The van der Waals surface area contributed by atoms with Crippen LogP contribution >= 0.6 is 11.6 Å². The largest absolute Gasteiger partial charge is 0.339 e. The van der Waals surface area contributed by atoms with E-state index in [1.165, 1.54) is 16.4 Å². The Balaban J connectivity index is 1.55. The van der Waals surface area contributed by atoms with Gasteiger partial charge in [0.25, 0.3) is 0 Å². The Morgan fingerprint density at radius 3 is 2.62 bits per heavy atom. The Morgan fingerprint density at radius 2 is 1.94 bits per heavy atom. The number of hydrogen-bond acceptors (Lipinski definition) is 6. The minimum atomic E-state index is -3.93. The maximum Gasteiger partial charge on any atom is 0.244 e. The van der Waals surface area contributed by atoms with Crippen molar-refractivity contribution in [2.45, 2.75) is 31.6 Å². The van der Waals surface area contributed by atoms with Crippen molar-refractivity contribution in [3.05, 3.63) is 58.9 Å². The minimum absolute atomic E-state index is 0.0429. The molecule has 2 aromatic carbocycles. The summed E-state index contributed by atoms with van der Waals surface area (Å²) in [6, 6.07) is 12.1. The van der Waals surface area contributed by atoms with Gasteiger partial charge in [0.2, 0.25) is 27.6 Å². The predicted octanol–water partition coefficient (Wildman–Crippen LogP) is 4.05. The van der Waals surface area contributed by atoms with Gasteiger partial charge in [0.1, 0.15) is 4.90 Å². The summed E-state index contributed by atoms with van der Waals surface area (Å²) in [5.74, 6) is -0.0000487. The Kier molecular flexibility index (Phi) is 6.32. The van der Waals surface area contributed by atoms with Crippen molar-refractivity contribution < 1.29 is 17.7 Å². The predicted molar refractivity (Wildman–Crippen MR) is 121 cm³/mol. The molecule has 1 saturated heterocycles. The topological polar surface area (TPSA) is 105 Å². The highest BCUT2D eigenvalue weighted by molar-refractivity contribution is 7.89. The number of piperidine rings is 1. The molecule has 32 heavy (non-hydrogen) atoms. The molecule has 1 amide bonds. The molecular weight excluding hydrogens is 452 g/mol. The van der Waals surface area contributed by atoms with Crippen LogP contribution in [0, 0.1) is 19.8 Å². The lowest BCUT2D eigenvalue weighted by molar-refractivity contribution is -0.120. The van der Waals surface area contributed by atoms with Gasteiger partial charge in [-0.2, -0.15) is 9.29 Å². The van der Waals surface area contributed by atoms with Crippen molar-refractivity contribution in [3.8, 4) is 11.4 Å². The fourth-order valence-electron chi connectivity index (χ4n) is 3.65. The number of nitrogens with one attached hydrogen (secondary N) is 1. The molecule has 1 N–H and O–H groups in total. The summed E-state index contributed by atoms with van der Waals surface area (Å²) >= 11 is 6.26. The molecule has 1 aliphatic heterocycles. The highest BCUT2D eigenvalue weighted by atomic mass is 35.5. The van der Waals surface area contributed by atoms with Gasteiger partial charge in [-0.15, -0.1) is 0 Å². The zero-order chi connectivity index (χ0) is 22.9. The second-order valence-corrected chi connectivity index (χ2v) is 10.2. The van der Waals surface area contributed by atoms with Gasteiger partial charge in [-0.3, -0.25) is 4.79 Å². The van der Waals surface area contributed by atoms with Crippen LogP contribution in [0.4, 0.5) is 5.69 Å². The second kappa shape index (κ2) is 9.01. The Hall–Kier alpha value is -2.75. The van der Waals surface area contributed by atoms with E-state index >= 15 is 0 Å². The van der Waals surface area contributed by atoms with E-state index in [0.29, 0.717) is 36.5 Å². The Bertz CT molecular complexity index is 1240. The quantitative estimate of drug-likeness (QED) is 0.598. The summed E-state index contributed by atoms with van der Waals surface area (Å²) in [4.78, 5) is 16.9. The first-order chi connectivity index (χ1) is 15.2. The number of nitrogens with zero attached hydrogens (tertiary/aromatic N) is 3. The number of halogens is 1. The van der Waals surface area contributed by atoms with Crippen LogP contribution in [0.5, 0.6) is 0 Å². The molecule has 3 aromatic rings. The molecule has 1 aromatic heterocycles. The average Bonchev–Trinajstić information content (AvgIpc) is 3.22. The lowest BCUT2D eigenvalue weighted by Gasteiger charge is -2.31. The van der Waals surface area contributed by atoms with E-state index in [1.54, 1.807) is 13.0 Å². The van der Waals surface area contributed by atoms with Crippen LogP contribution in [-0.2, 0) is 14.8 Å². The van der Waals surface area contributed by atoms with E-state index in [0.717, 1.165) is 5.56 Å². The van der Waals surface area contributed by atoms with Crippen LogP contribution in [0.15, 0.2) is 51.9 Å². The smallest absolute Gasteiger partial charge is 0.244 e. The lowest BCUT2D eigenvalue weighted by Crippen LogP contribution is -2.43. The maximum atomic E-state index is 13.4. The van der Waals surface area contributed by atoms with Crippen molar-refractivity contribution >= 4 is 33.2 Å². The molecule has 0 aliphatic carbocycles. The third-order valence-electron chi connectivity index (χ3n) is 5.41. The number of sulfonamides is 1. The number of carbonyl (C=O) groups excluding carboxylic acids is 1. The first kappa shape index (κ1) is 22.4. The van der Waals surface area contributed by atoms with Crippen LogP contribution in [0.2, 0.25) is 5.02 Å². The van der Waals surface area contributed by atoms with Crippen LogP contribution < -0.4 is 5.32 Å². The van der Waals surface area contributed by atoms with Crippen molar-refractivity contribution in [2.24, 2.45) is 5.92 Å². The molecule has 0 bridgehead atoms. The van der Waals surface area contributed by atoms with Crippen LogP contribution in [0.1, 0.15) is 24.3 Å². The molecule has 0 spiro atoms. The Morgan fingerprint density at radius 1 is 1.19 bits per heavy atom. The van der Waals surface area contributed by atoms with Gasteiger partial charge in [-0.25, -0.2) is 8.42 Å². The van der Waals surface area contributed by atoms with Crippen LogP contribution in [-0.4, -0.2) is 41.9 Å². The number of rotatable bonds is 5. The molecule has 168 valence electrons. The number of aryl methyl sites for hydroxylation is 2. The Labute approximate surface area is 191 Å². The summed E-state index contributed by atoms with van der Waals surface area (Å²) < 4.78 is 33.1. The molecule has 1 atom stereocenters. The van der Waals surface area contributed by atoms with Crippen molar-refractivity contribution in [1.29, 1.82) is 0 Å². The fourth-order valence-corrected chi connectivity index (χ4v) is 5.68. The SMILES string of the molecule is Cc1ccc(NC(=O)C2CCCN(S(=O)(=O)c3cc(-c4noc(C)n4)ccc3Cl)C2)cc1. The first-order valence-corrected chi connectivity index (χ1v) is 12.0. The molecular formula is C22H23ClN4O4S. The standard InChI is InChI=1S/C22H23ClN4O4S/c1-14-5-8-18(9-6-14)25-22(28)17-4-3-11-27(13-17)32(29,30)20-12-16(7-10-19(20)23)21-24-15(2)31-26-21/h5-10,12,17H,3-4,11,13H2,1-2H3,(H,25,28).